The number of rotatable bonds is 6. The van der Waals surface area contributed by atoms with E-state index in [0.29, 0.717) is 5.95 Å². The van der Waals surface area contributed by atoms with Gasteiger partial charge in [-0.15, -0.1) is 0 Å². The molecule has 0 amide bonds. The summed E-state index contributed by atoms with van der Waals surface area (Å²) in [6.45, 7) is 0.734. The summed E-state index contributed by atoms with van der Waals surface area (Å²) in [5, 5.41) is 7.76. The second kappa shape index (κ2) is 7.53. The number of para-hydroxylation sites is 1. The number of aromatic amines is 1. The number of nitrogens with one attached hydrogen (secondary N) is 3. The first kappa shape index (κ1) is 16.5. The number of hydrogen-bond donors (Lipinski definition) is 3. The Morgan fingerprint density at radius 1 is 1.04 bits per heavy atom. The monoisotopic (exact) mass is 408 g/mol. The number of H-pyrrole nitrogens is 1. The third-order valence-corrected chi connectivity index (χ3v) is 4.56. The predicted octanol–water partition coefficient (Wildman–Crippen LogP) is 4.51. The Morgan fingerprint density at radius 2 is 2.00 bits per heavy atom. The normalized spacial score (nSPS) is 10.8. The quantitative estimate of drug-likeness (QED) is 0.437. The zero-order chi connectivity index (χ0) is 17.8. The molecule has 130 valence electrons. The maximum absolute atomic E-state index is 4.58. The topological polar surface area (TPSA) is 78.5 Å². The lowest BCUT2D eigenvalue weighted by Crippen LogP contribution is -2.09. The Hall–Kier alpha value is -2.93. The van der Waals surface area contributed by atoms with Gasteiger partial charge in [-0.1, -0.05) is 18.2 Å². The number of pyridine rings is 1. The molecule has 3 aromatic heterocycles. The van der Waals surface area contributed by atoms with Gasteiger partial charge in [-0.3, -0.25) is 4.98 Å². The van der Waals surface area contributed by atoms with E-state index in [1.165, 1.54) is 0 Å². The van der Waals surface area contributed by atoms with Gasteiger partial charge in [0.15, 0.2) is 0 Å². The number of anilines is 3. The smallest absolute Gasteiger partial charge is 0.229 e. The largest absolute Gasteiger partial charge is 0.369 e. The van der Waals surface area contributed by atoms with Gasteiger partial charge < -0.3 is 15.6 Å². The van der Waals surface area contributed by atoms with Crippen molar-refractivity contribution in [1.29, 1.82) is 0 Å². The van der Waals surface area contributed by atoms with Crippen LogP contribution in [0.3, 0.4) is 0 Å². The molecule has 0 saturated carbocycles. The summed E-state index contributed by atoms with van der Waals surface area (Å²) in [5.41, 5.74) is 3.01. The van der Waals surface area contributed by atoms with E-state index in [1.807, 2.05) is 42.6 Å². The molecule has 0 atom stereocenters. The Morgan fingerprint density at radius 3 is 2.88 bits per heavy atom. The molecule has 0 unspecified atom stereocenters. The maximum Gasteiger partial charge on any atom is 0.229 e. The Balaban J connectivity index is 1.48. The van der Waals surface area contributed by atoms with Crippen molar-refractivity contribution in [3.05, 3.63) is 71.2 Å². The second-order valence-corrected chi connectivity index (χ2v) is 6.61. The molecule has 7 heteroatoms. The molecule has 6 nitrogen and oxygen atoms in total. The minimum atomic E-state index is 0.538. The van der Waals surface area contributed by atoms with Crippen LogP contribution in [0.4, 0.5) is 17.5 Å². The highest BCUT2D eigenvalue weighted by Gasteiger charge is 2.08. The fraction of sp³-hybridized carbons (Fsp3) is 0.105. The van der Waals surface area contributed by atoms with E-state index in [1.54, 1.807) is 12.4 Å². The molecule has 0 bridgehead atoms. The third-order valence-electron chi connectivity index (χ3n) is 3.98. The molecular formula is C19H17BrN6. The van der Waals surface area contributed by atoms with Gasteiger partial charge in [0.05, 0.1) is 15.7 Å². The van der Waals surface area contributed by atoms with E-state index in [-0.39, 0.29) is 0 Å². The van der Waals surface area contributed by atoms with E-state index in [9.17, 15) is 0 Å². The minimum absolute atomic E-state index is 0.538. The van der Waals surface area contributed by atoms with E-state index in [4.69, 9.17) is 0 Å². The lowest BCUT2D eigenvalue weighted by molar-refractivity contribution is 0.949. The highest BCUT2D eigenvalue weighted by atomic mass is 79.9. The lowest BCUT2D eigenvalue weighted by Gasteiger charge is -2.10. The van der Waals surface area contributed by atoms with Gasteiger partial charge in [0.2, 0.25) is 5.95 Å². The average Bonchev–Trinajstić information content (AvgIpc) is 3.15. The number of benzene rings is 1. The van der Waals surface area contributed by atoms with E-state index in [0.717, 1.165) is 45.5 Å². The SMILES string of the molecule is Brc1cnc(Nc2cccc3cc[nH]c23)nc1NCCc1ccccn1. The molecule has 3 N–H and O–H groups in total. The molecular weight excluding hydrogens is 392 g/mol. The van der Waals surface area contributed by atoms with Crippen molar-refractivity contribution < 1.29 is 0 Å². The van der Waals surface area contributed by atoms with Gasteiger partial charge in [0, 0.05) is 42.6 Å². The van der Waals surface area contributed by atoms with Crippen LogP contribution in [0.15, 0.2) is 65.5 Å². The molecule has 0 aliphatic rings. The highest BCUT2D eigenvalue weighted by Crippen LogP contribution is 2.26. The number of fused-ring (bicyclic) bond motifs is 1. The Labute approximate surface area is 159 Å². The first-order valence-corrected chi connectivity index (χ1v) is 9.08. The summed E-state index contributed by atoms with van der Waals surface area (Å²) in [6, 6.07) is 14.0. The van der Waals surface area contributed by atoms with Gasteiger partial charge >= 0.3 is 0 Å². The van der Waals surface area contributed by atoms with Crippen LogP contribution in [-0.2, 0) is 6.42 Å². The summed E-state index contributed by atoms with van der Waals surface area (Å²) in [5.74, 6) is 1.28. The average molecular weight is 409 g/mol. The van der Waals surface area contributed by atoms with E-state index in [2.05, 4.69) is 52.6 Å². The van der Waals surface area contributed by atoms with Crippen molar-refractivity contribution in [2.75, 3.05) is 17.2 Å². The van der Waals surface area contributed by atoms with Crippen LogP contribution >= 0.6 is 15.9 Å². The molecule has 26 heavy (non-hydrogen) atoms. The van der Waals surface area contributed by atoms with Crippen LogP contribution in [0, 0.1) is 0 Å². The van der Waals surface area contributed by atoms with Crippen molar-refractivity contribution in [2.24, 2.45) is 0 Å². The fourth-order valence-electron chi connectivity index (χ4n) is 2.72. The number of nitrogens with zero attached hydrogens (tertiary/aromatic N) is 3. The van der Waals surface area contributed by atoms with Crippen molar-refractivity contribution in [1.82, 2.24) is 19.9 Å². The fourth-order valence-corrected chi connectivity index (χ4v) is 3.05. The Bertz CT molecular complexity index is 1010. The minimum Gasteiger partial charge on any atom is -0.369 e. The molecule has 0 spiro atoms. The van der Waals surface area contributed by atoms with Crippen molar-refractivity contribution in [3.63, 3.8) is 0 Å². The van der Waals surface area contributed by atoms with E-state index < -0.39 is 0 Å². The van der Waals surface area contributed by atoms with Gasteiger partial charge in [-0.2, -0.15) is 4.98 Å². The van der Waals surface area contributed by atoms with Gasteiger partial charge in [-0.25, -0.2) is 4.98 Å². The van der Waals surface area contributed by atoms with Crippen LogP contribution in [0.25, 0.3) is 10.9 Å². The van der Waals surface area contributed by atoms with E-state index >= 15 is 0 Å². The lowest BCUT2D eigenvalue weighted by atomic mass is 10.2. The molecule has 0 aliphatic carbocycles. The van der Waals surface area contributed by atoms with Crippen molar-refractivity contribution in [3.8, 4) is 0 Å². The first-order valence-electron chi connectivity index (χ1n) is 8.29. The molecule has 3 heterocycles. The number of hydrogen-bond acceptors (Lipinski definition) is 5. The summed E-state index contributed by atoms with van der Waals surface area (Å²) >= 11 is 3.50. The Kier molecular flexibility index (Phi) is 4.79. The van der Waals surface area contributed by atoms with Crippen LogP contribution in [0.5, 0.6) is 0 Å². The molecule has 4 aromatic rings. The number of halogens is 1. The molecule has 0 radical (unpaired) electrons. The van der Waals surface area contributed by atoms with Crippen molar-refractivity contribution in [2.45, 2.75) is 6.42 Å². The van der Waals surface area contributed by atoms with Crippen LogP contribution in [0.1, 0.15) is 5.69 Å². The standard InChI is InChI=1S/C19H17BrN6/c20-15-12-24-19(25-16-6-3-4-13-7-10-22-17(13)16)26-18(15)23-11-8-14-5-1-2-9-21-14/h1-7,9-10,12,22H,8,11H2,(H2,23,24,25,26). The maximum atomic E-state index is 4.58. The molecule has 0 saturated heterocycles. The second-order valence-electron chi connectivity index (χ2n) is 5.76. The summed E-state index contributed by atoms with van der Waals surface area (Å²) < 4.78 is 0.821. The van der Waals surface area contributed by atoms with Crippen molar-refractivity contribution >= 4 is 44.3 Å². The summed E-state index contributed by atoms with van der Waals surface area (Å²) in [6.07, 6.45) is 6.29. The summed E-state index contributed by atoms with van der Waals surface area (Å²) in [7, 11) is 0. The zero-order valence-corrected chi connectivity index (χ0v) is 15.5. The first-order chi connectivity index (χ1) is 12.8. The predicted molar refractivity (Wildman–Crippen MR) is 108 cm³/mol. The van der Waals surface area contributed by atoms with Crippen LogP contribution in [0.2, 0.25) is 0 Å². The summed E-state index contributed by atoms with van der Waals surface area (Å²) in [4.78, 5) is 16.5. The zero-order valence-electron chi connectivity index (χ0n) is 13.9. The highest BCUT2D eigenvalue weighted by molar-refractivity contribution is 9.10. The van der Waals surface area contributed by atoms with Gasteiger partial charge in [0.1, 0.15) is 5.82 Å². The molecule has 0 aliphatic heterocycles. The molecule has 1 aromatic carbocycles. The molecule has 0 fully saturated rings. The number of aromatic nitrogens is 4. The van der Waals surface area contributed by atoms with Crippen LogP contribution < -0.4 is 10.6 Å². The third kappa shape index (κ3) is 3.67. The van der Waals surface area contributed by atoms with Gasteiger partial charge in [-0.05, 0) is 40.2 Å². The molecule has 4 rings (SSSR count). The van der Waals surface area contributed by atoms with Gasteiger partial charge in [0.25, 0.3) is 0 Å². The van der Waals surface area contributed by atoms with Crippen LogP contribution in [-0.4, -0.2) is 26.5 Å².